The fourth-order valence-electron chi connectivity index (χ4n) is 0.751. The lowest BCUT2D eigenvalue weighted by Gasteiger charge is -2.11. The van der Waals surface area contributed by atoms with Gasteiger partial charge in [-0.05, 0) is 59.9 Å². The lowest BCUT2D eigenvalue weighted by Crippen LogP contribution is -2.18. The van der Waals surface area contributed by atoms with E-state index in [9.17, 15) is 4.57 Å². The highest BCUT2D eigenvalue weighted by Gasteiger charge is 2.12. The van der Waals surface area contributed by atoms with Crippen LogP contribution in [0.5, 0.6) is 0 Å². The van der Waals surface area contributed by atoms with E-state index in [4.69, 9.17) is 9.79 Å². The Morgan fingerprint density at radius 3 is 2.13 bits per heavy atom. The van der Waals surface area contributed by atoms with Crippen LogP contribution in [0.3, 0.4) is 0 Å². The summed E-state index contributed by atoms with van der Waals surface area (Å²) in [6.07, 6.45) is 0. The van der Waals surface area contributed by atoms with Crippen LogP contribution < -0.4 is 10.6 Å². The zero-order valence-electron chi connectivity index (χ0n) is 7.04. The van der Waals surface area contributed by atoms with E-state index in [-0.39, 0.29) is 0 Å². The van der Waals surface area contributed by atoms with E-state index in [0.29, 0.717) is 10.2 Å². The van der Waals surface area contributed by atoms with E-state index in [1.165, 1.54) is 0 Å². The second kappa shape index (κ2) is 5.27. The molecule has 0 saturated carbocycles. The molecule has 0 aromatic heterocycles. The highest BCUT2D eigenvalue weighted by Crippen LogP contribution is 2.34. The van der Waals surface area contributed by atoms with Gasteiger partial charge in [0.25, 0.3) is 0 Å². The molecule has 0 unspecified atom stereocenters. The van der Waals surface area contributed by atoms with Crippen LogP contribution >= 0.6 is 55.5 Å². The van der Waals surface area contributed by atoms with Crippen LogP contribution in [0.1, 0.15) is 0 Å². The average molecular weight is 425 g/mol. The fraction of sp³-hybridized carbons (Fsp3) is 0. The van der Waals surface area contributed by atoms with Crippen LogP contribution in [0.4, 0.5) is 5.69 Å². The van der Waals surface area contributed by atoms with Gasteiger partial charge in [0, 0.05) is 13.4 Å². The topological polar surface area (TPSA) is 81.6 Å². The molecule has 0 bridgehead atoms. The van der Waals surface area contributed by atoms with Gasteiger partial charge in [-0.2, -0.15) is 0 Å². The zero-order chi connectivity index (χ0) is 11.6. The summed E-state index contributed by atoms with van der Waals surface area (Å²) in [5.74, 6) is 0. The van der Waals surface area contributed by atoms with Gasteiger partial charge in [-0.15, -0.1) is 5.20 Å². The van der Waals surface area contributed by atoms with Gasteiger partial charge in [-0.25, -0.2) is 4.57 Å². The molecule has 0 radical (unpaired) electrons. The summed E-state index contributed by atoms with van der Waals surface area (Å²) in [5.41, 5.74) is 2.92. The summed E-state index contributed by atoms with van der Waals surface area (Å²) in [6.45, 7) is 0. The minimum absolute atomic E-state index is 0.508. The van der Waals surface area contributed by atoms with Gasteiger partial charge in [0.05, 0.1) is 5.69 Å². The Hall–Kier alpha value is 0.570. The number of halogens is 3. The normalized spacial score (nSPS) is 11.5. The molecule has 1 aromatic carbocycles. The highest BCUT2D eigenvalue weighted by atomic mass is 79.9. The van der Waals surface area contributed by atoms with E-state index < -0.39 is 7.75 Å². The molecule has 0 saturated heterocycles. The van der Waals surface area contributed by atoms with Gasteiger partial charge in [-0.1, -0.05) is 0 Å². The number of hydrazine groups is 1. The van der Waals surface area contributed by atoms with Crippen LogP contribution in [0, 0.1) is 0 Å². The summed E-state index contributed by atoms with van der Waals surface area (Å²) in [7, 11) is -4.29. The first-order valence-electron chi connectivity index (χ1n) is 3.53. The third-order valence-corrected chi connectivity index (χ3v) is 4.25. The minimum atomic E-state index is -4.29. The van der Waals surface area contributed by atoms with Crippen molar-refractivity contribution >= 4 is 61.2 Å². The maximum atomic E-state index is 10.6. The van der Waals surface area contributed by atoms with Crippen molar-refractivity contribution in [2.24, 2.45) is 0 Å². The van der Waals surface area contributed by atoms with Crippen LogP contribution in [0.25, 0.3) is 0 Å². The minimum Gasteiger partial charge on any atom is -0.311 e. The molecule has 9 heteroatoms. The standard InChI is InChI=1S/C6H6Br3N2O3P/c7-3-1-5(9)6(2-4(3)8)10-11-15(12,13)14/h1-2,10H,(H3,11,12,13,14). The molecule has 0 aliphatic rings. The van der Waals surface area contributed by atoms with Crippen LogP contribution in [-0.2, 0) is 4.57 Å². The van der Waals surface area contributed by atoms with Gasteiger partial charge in [0.2, 0.25) is 0 Å². The Morgan fingerprint density at radius 1 is 1.07 bits per heavy atom. The number of hydrogen-bond acceptors (Lipinski definition) is 2. The van der Waals surface area contributed by atoms with E-state index in [1.807, 2.05) is 5.20 Å². The predicted molar refractivity (Wildman–Crippen MR) is 68.3 cm³/mol. The molecule has 4 N–H and O–H groups in total. The number of hydrogen-bond donors (Lipinski definition) is 4. The molecule has 0 aliphatic carbocycles. The molecule has 5 nitrogen and oxygen atoms in total. The third kappa shape index (κ3) is 4.52. The predicted octanol–water partition coefficient (Wildman–Crippen LogP) is 2.98. The fourth-order valence-corrected chi connectivity index (χ4v) is 2.45. The summed E-state index contributed by atoms with van der Waals surface area (Å²) >= 11 is 9.81. The largest absolute Gasteiger partial charge is 0.417 e. The molecule has 0 heterocycles. The molecule has 0 aliphatic heterocycles. The van der Waals surface area contributed by atoms with Crippen molar-refractivity contribution < 1.29 is 14.4 Å². The van der Waals surface area contributed by atoms with Crippen molar-refractivity contribution in [3.05, 3.63) is 25.6 Å². The molecule has 15 heavy (non-hydrogen) atoms. The Kier molecular flexibility index (Phi) is 4.79. The van der Waals surface area contributed by atoms with Crippen molar-refractivity contribution in [1.82, 2.24) is 5.20 Å². The van der Waals surface area contributed by atoms with E-state index in [1.54, 1.807) is 12.1 Å². The van der Waals surface area contributed by atoms with E-state index >= 15 is 0 Å². The molecule has 0 atom stereocenters. The number of anilines is 1. The van der Waals surface area contributed by atoms with Gasteiger partial charge >= 0.3 is 7.75 Å². The van der Waals surface area contributed by atoms with E-state index in [2.05, 4.69) is 53.2 Å². The summed E-state index contributed by atoms with van der Waals surface area (Å²) < 4.78 is 12.8. The van der Waals surface area contributed by atoms with Gasteiger partial charge in [-0.3, -0.25) is 0 Å². The van der Waals surface area contributed by atoms with Gasteiger partial charge < -0.3 is 15.2 Å². The average Bonchev–Trinajstić information content (AvgIpc) is 2.07. The monoisotopic (exact) mass is 422 g/mol. The molecular weight excluding hydrogens is 419 g/mol. The lowest BCUT2D eigenvalue weighted by atomic mass is 10.3. The second-order valence-corrected chi connectivity index (χ2v) is 6.40. The summed E-state index contributed by atoms with van der Waals surface area (Å²) in [5, 5.41) is 1.88. The van der Waals surface area contributed by atoms with Crippen LogP contribution in [-0.4, -0.2) is 9.79 Å². The van der Waals surface area contributed by atoms with Gasteiger partial charge in [0.1, 0.15) is 0 Å². The SMILES string of the molecule is O=P(O)(O)NNc1cc(Br)c(Br)cc1Br. The first-order valence-corrected chi connectivity index (χ1v) is 7.52. The smallest absolute Gasteiger partial charge is 0.311 e. The molecule has 84 valence electrons. The third-order valence-electron chi connectivity index (χ3n) is 1.35. The molecule has 0 amide bonds. The van der Waals surface area contributed by atoms with Crippen molar-refractivity contribution in [3.8, 4) is 0 Å². The maximum absolute atomic E-state index is 10.6. The quantitative estimate of drug-likeness (QED) is 0.341. The first-order chi connectivity index (χ1) is 6.79. The van der Waals surface area contributed by atoms with E-state index in [0.717, 1.165) is 8.95 Å². The molecule has 0 fully saturated rings. The molecule has 1 aromatic rings. The van der Waals surface area contributed by atoms with Crippen molar-refractivity contribution in [3.63, 3.8) is 0 Å². The van der Waals surface area contributed by atoms with Crippen LogP contribution in [0.2, 0.25) is 0 Å². The van der Waals surface area contributed by atoms with Crippen LogP contribution in [0.15, 0.2) is 25.6 Å². The highest BCUT2D eigenvalue weighted by molar-refractivity contribution is 9.13. The summed E-state index contributed by atoms with van der Waals surface area (Å²) in [4.78, 5) is 17.2. The van der Waals surface area contributed by atoms with Crippen molar-refractivity contribution in [2.45, 2.75) is 0 Å². The Bertz CT molecular complexity index is 422. The maximum Gasteiger partial charge on any atom is 0.417 e. The first kappa shape index (κ1) is 13.6. The number of nitrogens with one attached hydrogen (secondary N) is 2. The number of rotatable bonds is 3. The molecule has 1 rings (SSSR count). The number of benzene rings is 1. The Labute approximate surface area is 111 Å². The Morgan fingerprint density at radius 2 is 1.60 bits per heavy atom. The summed E-state index contributed by atoms with van der Waals surface area (Å²) in [6, 6.07) is 3.41. The van der Waals surface area contributed by atoms with Gasteiger partial charge in [0.15, 0.2) is 0 Å². The lowest BCUT2D eigenvalue weighted by molar-refractivity contribution is 0.362. The Balaban J connectivity index is 2.87. The molecular formula is C6H6Br3N2O3P. The van der Waals surface area contributed by atoms with Crippen molar-refractivity contribution in [1.29, 1.82) is 0 Å². The zero-order valence-corrected chi connectivity index (χ0v) is 12.7. The second-order valence-electron chi connectivity index (χ2n) is 2.53. The molecule has 0 spiro atoms. The van der Waals surface area contributed by atoms with Crippen molar-refractivity contribution in [2.75, 3.05) is 5.43 Å².